The normalized spacial score (nSPS) is 20.7. The number of carbonyl (C=O) groups excluding carboxylic acids is 3. The van der Waals surface area contributed by atoms with Gasteiger partial charge in [-0.05, 0) is 37.0 Å². The van der Waals surface area contributed by atoms with E-state index in [-0.39, 0.29) is 30.4 Å². The van der Waals surface area contributed by atoms with E-state index < -0.39 is 0 Å². The van der Waals surface area contributed by atoms with E-state index in [4.69, 9.17) is 4.74 Å². The van der Waals surface area contributed by atoms with Crippen LogP contribution >= 0.6 is 0 Å². The molecule has 2 aliphatic heterocycles. The van der Waals surface area contributed by atoms with Crippen molar-refractivity contribution in [3.63, 3.8) is 0 Å². The molecule has 1 aromatic rings. The molecule has 3 amide bonds. The van der Waals surface area contributed by atoms with Crippen LogP contribution in [-0.2, 0) is 20.9 Å². The zero-order chi connectivity index (χ0) is 16.9. The number of ether oxygens (including phenoxy) is 1. The lowest BCUT2D eigenvalue weighted by molar-refractivity contribution is -0.139. The molecule has 0 unspecified atom stereocenters. The van der Waals surface area contributed by atoms with E-state index in [9.17, 15) is 14.4 Å². The number of hydrogen-bond donors (Lipinski definition) is 1. The highest BCUT2D eigenvalue weighted by Gasteiger charge is 2.28. The topological polar surface area (TPSA) is 75.7 Å². The summed E-state index contributed by atoms with van der Waals surface area (Å²) in [5.74, 6) is -0.375. The Morgan fingerprint density at radius 1 is 1.17 bits per heavy atom. The van der Waals surface area contributed by atoms with Gasteiger partial charge in [0.15, 0.2) is 0 Å². The average Bonchev–Trinajstić information content (AvgIpc) is 3.21. The highest BCUT2D eigenvalue weighted by atomic mass is 16.5. The fourth-order valence-electron chi connectivity index (χ4n) is 3.06. The summed E-state index contributed by atoms with van der Waals surface area (Å²) in [6.07, 6.45) is 3.86. The van der Waals surface area contributed by atoms with Crippen LogP contribution in [0.5, 0.6) is 0 Å². The number of amides is 3. The van der Waals surface area contributed by atoms with Gasteiger partial charge in [-0.2, -0.15) is 0 Å². The van der Waals surface area contributed by atoms with E-state index >= 15 is 0 Å². The van der Waals surface area contributed by atoms with Gasteiger partial charge in [0.05, 0.1) is 12.6 Å². The van der Waals surface area contributed by atoms with E-state index in [1.165, 1.54) is 4.90 Å². The van der Waals surface area contributed by atoms with Crippen LogP contribution in [0.25, 0.3) is 0 Å². The van der Waals surface area contributed by atoms with Crippen LogP contribution in [-0.4, -0.2) is 41.9 Å². The molecule has 6 nitrogen and oxygen atoms in total. The maximum Gasteiger partial charge on any atom is 0.251 e. The third kappa shape index (κ3) is 4.00. The molecule has 0 radical (unpaired) electrons. The summed E-state index contributed by atoms with van der Waals surface area (Å²) < 4.78 is 5.53. The first kappa shape index (κ1) is 16.6. The third-order valence-corrected chi connectivity index (χ3v) is 4.49. The van der Waals surface area contributed by atoms with Crippen molar-refractivity contribution in [2.24, 2.45) is 0 Å². The molecule has 2 saturated heterocycles. The molecular weight excluding hydrogens is 308 g/mol. The summed E-state index contributed by atoms with van der Waals surface area (Å²) in [4.78, 5) is 36.6. The smallest absolute Gasteiger partial charge is 0.251 e. The third-order valence-electron chi connectivity index (χ3n) is 4.49. The van der Waals surface area contributed by atoms with Crippen LogP contribution in [0.3, 0.4) is 0 Å². The van der Waals surface area contributed by atoms with Gasteiger partial charge in [-0.3, -0.25) is 19.3 Å². The lowest BCUT2D eigenvalue weighted by atomic mass is 10.1. The molecule has 1 aromatic carbocycles. The van der Waals surface area contributed by atoms with Crippen LogP contribution in [0.1, 0.15) is 48.0 Å². The van der Waals surface area contributed by atoms with Crippen molar-refractivity contribution in [2.75, 3.05) is 13.2 Å². The molecule has 128 valence electrons. The van der Waals surface area contributed by atoms with Crippen molar-refractivity contribution in [3.05, 3.63) is 35.4 Å². The highest BCUT2D eigenvalue weighted by Crippen LogP contribution is 2.17. The van der Waals surface area contributed by atoms with Crippen molar-refractivity contribution < 1.29 is 19.1 Å². The lowest BCUT2D eigenvalue weighted by Crippen LogP contribution is -2.28. The quantitative estimate of drug-likeness (QED) is 0.805. The molecule has 0 spiro atoms. The van der Waals surface area contributed by atoms with Gasteiger partial charge in [-0.15, -0.1) is 0 Å². The number of rotatable bonds is 6. The van der Waals surface area contributed by atoms with E-state index in [2.05, 4.69) is 5.32 Å². The Hall–Kier alpha value is -2.21. The molecule has 1 atom stereocenters. The van der Waals surface area contributed by atoms with Crippen LogP contribution in [0.2, 0.25) is 0 Å². The van der Waals surface area contributed by atoms with Crippen molar-refractivity contribution in [3.8, 4) is 0 Å². The summed E-state index contributed by atoms with van der Waals surface area (Å²) in [6, 6.07) is 7.02. The van der Waals surface area contributed by atoms with Gasteiger partial charge >= 0.3 is 0 Å². The Morgan fingerprint density at radius 3 is 2.50 bits per heavy atom. The van der Waals surface area contributed by atoms with Gasteiger partial charge in [-0.25, -0.2) is 0 Å². The zero-order valence-corrected chi connectivity index (χ0v) is 13.6. The SMILES string of the molecule is O=C(NCC[C@@H]1CCCO1)c1ccc(CN2C(=O)CCC2=O)cc1. The van der Waals surface area contributed by atoms with Crippen LogP contribution in [0, 0.1) is 0 Å². The van der Waals surface area contributed by atoms with E-state index in [0.717, 1.165) is 31.4 Å². The lowest BCUT2D eigenvalue weighted by Gasteiger charge is -2.14. The first-order valence-electron chi connectivity index (χ1n) is 8.45. The minimum absolute atomic E-state index is 0.118. The highest BCUT2D eigenvalue weighted by molar-refractivity contribution is 6.01. The Kier molecular flexibility index (Phi) is 5.25. The van der Waals surface area contributed by atoms with Crippen LogP contribution < -0.4 is 5.32 Å². The minimum Gasteiger partial charge on any atom is -0.378 e. The fraction of sp³-hybridized carbons (Fsp3) is 0.500. The number of carbonyl (C=O) groups is 3. The second-order valence-electron chi connectivity index (χ2n) is 6.25. The van der Waals surface area contributed by atoms with Crippen LogP contribution in [0.4, 0.5) is 0 Å². The first-order valence-corrected chi connectivity index (χ1v) is 8.45. The van der Waals surface area contributed by atoms with Crippen molar-refractivity contribution >= 4 is 17.7 Å². The Balaban J connectivity index is 1.49. The van der Waals surface area contributed by atoms with Gasteiger partial charge in [-0.1, -0.05) is 12.1 Å². The summed E-state index contributed by atoms with van der Waals surface area (Å²) in [5.41, 5.74) is 1.42. The van der Waals surface area contributed by atoms with E-state index in [0.29, 0.717) is 24.9 Å². The molecule has 0 bridgehead atoms. The summed E-state index contributed by atoms with van der Waals surface area (Å²) in [7, 11) is 0. The van der Waals surface area contributed by atoms with Gasteiger partial charge in [0.25, 0.3) is 5.91 Å². The zero-order valence-electron chi connectivity index (χ0n) is 13.6. The molecule has 6 heteroatoms. The van der Waals surface area contributed by atoms with Gasteiger partial charge in [0.1, 0.15) is 0 Å². The van der Waals surface area contributed by atoms with E-state index in [1.54, 1.807) is 24.3 Å². The molecule has 2 heterocycles. The Bertz CT molecular complexity index is 604. The monoisotopic (exact) mass is 330 g/mol. The fourth-order valence-corrected chi connectivity index (χ4v) is 3.06. The molecule has 0 aliphatic carbocycles. The van der Waals surface area contributed by atoms with Gasteiger partial charge in [0.2, 0.25) is 11.8 Å². The first-order chi connectivity index (χ1) is 11.6. The van der Waals surface area contributed by atoms with E-state index in [1.807, 2.05) is 0 Å². The molecule has 0 aromatic heterocycles. The second-order valence-corrected chi connectivity index (χ2v) is 6.25. The predicted molar refractivity (Wildman–Crippen MR) is 87.2 cm³/mol. The summed E-state index contributed by atoms with van der Waals surface area (Å²) in [5, 5.41) is 2.89. The number of nitrogens with zero attached hydrogens (tertiary/aromatic N) is 1. The molecule has 3 rings (SSSR count). The van der Waals surface area contributed by atoms with Gasteiger partial charge < -0.3 is 10.1 Å². The summed E-state index contributed by atoms with van der Waals surface area (Å²) >= 11 is 0. The number of likely N-dealkylation sites (tertiary alicyclic amines) is 1. The number of imide groups is 1. The number of nitrogens with one attached hydrogen (secondary N) is 1. The Morgan fingerprint density at radius 2 is 1.88 bits per heavy atom. The number of hydrogen-bond acceptors (Lipinski definition) is 4. The maximum absolute atomic E-state index is 12.1. The van der Waals surface area contributed by atoms with Crippen molar-refractivity contribution in [1.82, 2.24) is 10.2 Å². The second kappa shape index (κ2) is 7.57. The predicted octanol–water partition coefficient (Wildman–Crippen LogP) is 1.63. The molecule has 2 aliphatic rings. The van der Waals surface area contributed by atoms with Gasteiger partial charge in [0, 0.05) is 31.6 Å². The average molecular weight is 330 g/mol. The molecule has 1 N–H and O–H groups in total. The van der Waals surface area contributed by atoms with Crippen molar-refractivity contribution in [2.45, 2.75) is 44.8 Å². The number of benzene rings is 1. The largest absolute Gasteiger partial charge is 0.378 e. The summed E-state index contributed by atoms with van der Waals surface area (Å²) in [6.45, 7) is 1.70. The minimum atomic E-state index is -0.129. The molecule has 24 heavy (non-hydrogen) atoms. The molecular formula is C18H22N2O4. The van der Waals surface area contributed by atoms with Crippen LogP contribution in [0.15, 0.2) is 24.3 Å². The molecule has 2 fully saturated rings. The standard InChI is InChI=1S/C18H22N2O4/c21-16-7-8-17(22)20(16)12-13-3-5-14(6-4-13)18(23)19-10-9-15-2-1-11-24-15/h3-6,15H,1-2,7-12H2,(H,19,23)/t15-/m0/s1. The maximum atomic E-state index is 12.1. The Labute approximate surface area is 141 Å². The molecule has 0 saturated carbocycles. The van der Waals surface area contributed by atoms with Crippen molar-refractivity contribution in [1.29, 1.82) is 0 Å².